The highest BCUT2D eigenvalue weighted by molar-refractivity contribution is 6.00. The zero-order valence-corrected chi connectivity index (χ0v) is 19.1. The summed E-state index contributed by atoms with van der Waals surface area (Å²) in [5, 5.41) is 5.34. The third-order valence-corrected chi connectivity index (χ3v) is 4.39. The zero-order valence-electron chi connectivity index (χ0n) is 19.1. The normalized spacial score (nSPS) is 14.6. The third-order valence-electron chi connectivity index (χ3n) is 4.39. The predicted octanol–water partition coefficient (Wildman–Crippen LogP) is 2.71. The first-order valence-electron chi connectivity index (χ1n) is 10.0. The number of esters is 3. The molecular formula is C23H22N2O9. The highest BCUT2D eigenvalue weighted by Gasteiger charge is 2.35. The number of nitrogens with zero attached hydrogens (tertiary/aromatic N) is 2. The lowest BCUT2D eigenvalue weighted by molar-refractivity contribution is -0.135. The number of hydrogen-bond acceptors (Lipinski definition) is 10. The first-order chi connectivity index (χ1) is 16.1. The Morgan fingerprint density at radius 1 is 0.824 bits per heavy atom. The van der Waals surface area contributed by atoms with Gasteiger partial charge in [0.15, 0.2) is 11.5 Å². The van der Waals surface area contributed by atoms with Gasteiger partial charge in [0.2, 0.25) is 18.0 Å². The van der Waals surface area contributed by atoms with Crippen LogP contribution >= 0.6 is 0 Å². The molecule has 3 rings (SSSR count). The SMILES string of the molecule is COc1cc(C2OC(c3cc(OC(C)=O)ccc3OC(C)=O)=NN2C(C)=O)ccc1OC(C)=O. The number of amides is 1. The molecule has 0 aliphatic carbocycles. The highest BCUT2D eigenvalue weighted by Crippen LogP contribution is 2.37. The number of hydrazone groups is 1. The van der Waals surface area contributed by atoms with Crippen molar-refractivity contribution in [2.24, 2.45) is 5.10 Å². The minimum absolute atomic E-state index is 0.0477. The van der Waals surface area contributed by atoms with Gasteiger partial charge in [-0.15, -0.1) is 5.10 Å². The number of ether oxygens (including phenoxy) is 5. The van der Waals surface area contributed by atoms with E-state index in [1.165, 1.54) is 59.1 Å². The fourth-order valence-electron chi connectivity index (χ4n) is 3.12. The molecule has 34 heavy (non-hydrogen) atoms. The average molecular weight is 470 g/mol. The smallest absolute Gasteiger partial charge is 0.308 e. The molecule has 0 saturated carbocycles. The first kappa shape index (κ1) is 24.2. The fraction of sp³-hybridized carbons (Fsp3) is 0.261. The maximum atomic E-state index is 12.3. The summed E-state index contributed by atoms with van der Waals surface area (Å²) in [5.41, 5.74) is 0.651. The minimum atomic E-state index is -1.00. The van der Waals surface area contributed by atoms with Crippen LogP contribution in [0.3, 0.4) is 0 Å². The van der Waals surface area contributed by atoms with Crippen molar-refractivity contribution in [1.29, 1.82) is 0 Å². The quantitative estimate of drug-likeness (QED) is 0.462. The Morgan fingerprint density at radius 2 is 1.44 bits per heavy atom. The molecule has 178 valence electrons. The summed E-state index contributed by atoms with van der Waals surface area (Å²) in [6.07, 6.45) is -1.00. The summed E-state index contributed by atoms with van der Waals surface area (Å²) in [6, 6.07) is 8.90. The van der Waals surface area contributed by atoms with E-state index in [9.17, 15) is 19.2 Å². The van der Waals surface area contributed by atoms with Crippen LogP contribution in [0.4, 0.5) is 0 Å². The van der Waals surface area contributed by atoms with Crippen LogP contribution < -0.4 is 18.9 Å². The van der Waals surface area contributed by atoms with Crippen molar-refractivity contribution in [1.82, 2.24) is 5.01 Å². The Bertz CT molecular complexity index is 1190. The lowest BCUT2D eigenvalue weighted by Gasteiger charge is -2.20. The van der Waals surface area contributed by atoms with Crippen molar-refractivity contribution < 1.29 is 42.9 Å². The van der Waals surface area contributed by atoms with Crippen molar-refractivity contribution in [3.63, 3.8) is 0 Å². The van der Waals surface area contributed by atoms with Gasteiger partial charge in [-0.25, -0.2) is 0 Å². The van der Waals surface area contributed by atoms with Crippen LogP contribution in [0.1, 0.15) is 45.0 Å². The van der Waals surface area contributed by atoms with Gasteiger partial charge in [0, 0.05) is 33.3 Å². The summed E-state index contributed by atoms with van der Waals surface area (Å²) < 4.78 is 26.7. The van der Waals surface area contributed by atoms with E-state index in [-0.39, 0.29) is 34.5 Å². The van der Waals surface area contributed by atoms with E-state index < -0.39 is 30.0 Å². The van der Waals surface area contributed by atoms with Crippen molar-refractivity contribution in [2.45, 2.75) is 33.9 Å². The van der Waals surface area contributed by atoms with Crippen LogP contribution in [0.25, 0.3) is 0 Å². The molecule has 11 nitrogen and oxygen atoms in total. The summed E-state index contributed by atoms with van der Waals surface area (Å²) in [4.78, 5) is 46.6. The average Bonchev–Trinajstić information content (AvgIpc) is 3.19. The van der Waals surface area contributed by atoms with Crippen LogP contribution in [0.15, 0.2) is 41.5 Å². The zero-order chi connectivity index (χ0) is 25.0. The van der Waals surface area contributed by atoms with Gasteiger partial charge in [0.05, 0.1) is 12.7 Å². The van der Waals surface area contributed by atoms with E-state index in [2.05, 4.69) is 5.10 Å². The second-order valence-corrected chi connectivity index (χ2v) is 7.09. The molecule has 1 aliphatic heterocycles. The number of carbonyl (C=O) groups is 4. The molecule has 0 spiro atoms. The number of benzene rings is 2. The van der Waals surface area contributed by atoms with Crippen LogP contribution in [-0.2, 0) is 23.9 Å². The topological polar surface area (TPSA) is 130 Å². The van der Waals surface area contributed by atoms with E-state index in [1.807, 2.05) is 0 Å². The molecule has 2 aromatic carbocycles. The molecule has 0 fully saturated rings. The van der Waals surface area contributed by atoms with Crippen molar-refractivity contribution in [2.75, 3.05) is 7.11 Å². The van der Waals surface area contributed by atoms with E-state index in [1.54, 1.807) is 12.1 Å². The van der Waals surface area contributed by atoms with E-state index in [0.717, 1.165) is 5.01 Å². The standard InChI is InChI=1S/C23H22N2O9/c1-12(26)25-23(16-6-8-20(33-15(4)29)21(10-16)30-5)34-22(24-25)18-11-17(31-13(2)27)7-9-19(18)32-14(3)28/h6-11,23H,1-5H3. The third kappa shape index (κ3) is 5.49. The van der Waals surface area contributed by atoms with Crippen molar-refractivity contribution >= 4 is 29.7 Å². The molecule has 11 heteroatoms. The largest absolute Gasteiger partial charge is 0.493 e. The molecule has 1 aliphatic rings. The van der Waals surface area contributed by atoms with E-state index in [0.29, 0.717) is 5.56 Å². The van der Waals surface area contributed by atoms with Crippen LogP contribution in [-0.4, -0.2) is 41.8 Å². The molecule has 1 atom stereocenters. The summed E-state index contributed by atoms with van der Waals surface area (Å²) in [7, 11) is 1.40. The van der Waals surface area contributed by atoms with Gasteiger partial charge in [-0.1, -0.05) is 0 Å². The predicted molar refractivity (Wildman–Crippen MR) is 116 cm³/mol. The van der Waals surface area contributed by atoms with Gasteiger partial charge in [-0.05, 0) is 36.4 Å². The first-order valence-corrected chi connectivity index (χ1v) is 10.0. The number of methoxy groups -OCH3 is 1. The number of rotatable bonds is 6. The van der Waals surface area contributed by atoms with Crippen LogP contribution in [0, 0.1) is 0 Å². The molecule has 1 unspecified atom stereocenters. The second-order valence-electron chi connectivity index (χ2n) is 7.09. The number of carbonyl (C=O) groups excluding carboxylic acids is 4. The Balaban J connectivity index is 2.02. The Labute approximate surface area is 194 Å². The van der Waals surface area contributed by atoms with E-state index in [4.69, 9.17) is 23.7 Å². The molecular weight excluding hydrogens is 448 g/mol. The molecule has 2 aromatic rings. The molecule has 1 heterocycles. The summed E-state index contributed by atoms with van der Waals surface area (Å²) in [6.45, 7) is 5.03. The Morgan fingerprint density at radius 3 is 2.03 bits per heavy atom. The fourth-order valence-corrected chi connectivity index (χ4v) is 3.12. The molecule has 0 bridgehead atoms. The summed E-state index contributed by atoms with van der Waals surface area (Å²) >= 11 is 0. The lowest BCUT2D eigenvalue weighted by Crippen LogP contribution is -2.25. The van der Waals surface area contributed by atoms with Gasteiger partial charge in [0.25, 0.3) is 0 Å². The van der Waals surface area contributed by atoms with Gasteiger partial charge >= 0.3 is 17.9 Å². The Hall–Kier alpha value is -4.41. The van der Waals surface area contributed by atoms with Crippen LogP contribution in [0.5, 0.6) is 23.0 Å². The lowest BCUT2D eigenvalue weighted by atomic mass is 10.1. The highest BCUT2D eigenvalue weighted by atomic mass is 16.6. The minimum Gasteiger partial charge on any atom is -0.493 e. The molecule has 0 saturated heterocycles. The monoisotopic (exact) mass is 470 g/mol. The van der Waals surface area contributed by atoms with Gasteiger partial charge in [0.1, 0.15) is 11.5 Å². The molecule has 0 aromatic heterocycles. The maximum absolute atomic E-state index is 12.3. The number of hydrogen-bond donors (Lipinski definition) is 0. The van der Waals surface area contributed by atoms with E-state index >= 15 is 0 Å². The summed E-state index contributed by atoms with van der Waals surface area (Å²) in [5.74, 6) is -1.46. The molecule has 1 amide bonds. The molecule has 0 N–H and O–H groups in total. The van der Waals surface area contributed by atoms with Crippen molar-refractivity contribution in [3.8, 4) is 23.0 Å². The maximum Gasteiger partial charge on any atom is 0.308 e. The van der Waals surface area contributed by atoms with Gasteiger partial charge in [-0.3, -0.25) is 19.2 Å². The van der Waals surface area contributed by atoms with Gasteiger partial charge in [-0.2, -0.15) is 5.01 Å². The second kappa shape index (κ2) is 10.0. The van der Waals surface area contributed by atoms with Crippen LogP contribution in [0.2, 0.25) is 0 Å². The van der Waals surface area contributed by atoms with Crippen molar-refractivity contribution in [3.05, 3.63) is 47.5 Å². The Kier molecular flexibility index (Phi) is 7.15. The van der Waals surface area contributed by atoms with Gasteiger partial charge < -0.3 is 23.7 Å². The molecule has 0 radical (unpaired) electrons.